The molecule has 1 aromatic heterocycles. The van der Waals surface area contributed by atoms with E-state index in [-0.39, 0.29) is 11.7 Å². The number of hydrogen-bond acceptors (Lipinski definition) is 4. The summed E-state index contributed by atoms with van der Waals surface area (Å²) < 4.78 is 18.7. The van der Waals surface area contributed by atoms with Crippen LogP contribution in [0.4, 0.5) is 4.39 Å². The van der Waals surface area contributed by atoms with Crippen LogP contribution in [0, 0.1) is 5.82 Å². The van der Waals surface area contributed by atoms with Crippen LogP contribution in [-0.2, 0) is 0 Å². The predicted octanol–water partition coefficient (Wildman–Crippen LogP) is 1.95. The monoisotopic (exact) mass is 233 g/mol. The van der Waals surface area contributed by atoms with Gasteiger partial charge in [-0.05, 0) is 25.1 Å². The Hall–Kier alpha value is -1.75. The van der Waals surface area contributed by atoms with Crippen molar-refractivity contribution in [1.82, 2.24) is 15.5 Å². The van der Waals surface area contributed by atoms with Crippen LogP contribution in [0.3, 0.4) is 0 Å². The van der Waals surface area contributed by atoms with Crippen LogP contribution in [0.25, 0.3) is 11.4 Å². The fourth-order valence-corrected chi connectivity index (χ4v) is 2.02. The number of benzene rings is 1. The van der Waals surface area contributed by atoms with Crippen molar-refractivity contribution in [2.45, 2.75) is 12.3 Å². The van der Waals surface area contributed by atoms with Crippen molar-refractivity contribution in [2.75, 3.05) is 13.1 Å². The summed E-state index contributed by atoms with van der Waals surface area (Å²) in [6.45, 7) is 1.81. The van der Waals surface area contributed by atoms with E-state index in [9.17, 15) is 4.39 Å². The van der Waals surface area contributed by atoms with Crippen molar-refractivity contribution < 1.29 is 8.91 Å². The molecule has 0 saturated carbocycles. The van der Waals surface area contributed by atoms with Crippen molar-refractivity contribution in [3.8, 4) is 11.4 Å². The van der Waals surface area contributed by atoms with Gasteiger partial charge in [-0.1, -0.05) is 17.3 Å². The van der Waals surface area contributed by atoms with E-state index in [0.717, 1.165) is 19.5 Å². The Labute approximate surface area is 97.8 Å². The van der Waals surface area contributed by atoms with E-state index in [0.29, 0.717) is 17.3 Å². The zero-order valence-electron chi connectivity index (χ0n) is 9.19. The third-order valence-corrected chi connectivity index (χ3v) is 2.97. The third-order valence-electron chi connectivity index (χ3n) is 2.97. The fraction of sp³-hybridized carbons (Fsp3) is 0.333. The number of aromatic nitrogens is 2. The van der Waals surface area contributed by atoms with Gasteiger partial charge in [0.25, 0.3) is 0 Å². The lowest BCUT2D eigenvalue weighted by Crippen LogP contribution is -2.08. The molecule has 1 fully saturated rings. The van der Waals surface area contributed by atoms with Gasteiger partial charge < -0.3 is 9.84 Å². The summed E-state index contributed by atoms with van der Waals surface area (Å²) >= 11 is 0. The van der Waals surface area contributed by atoms with Crippen LogP contribution in [0.15, 0.2) is 28.8 Å². The number of rotatable bonds is 2. The summed E-state index contributed by atoms with van der Waals surface area (Å²) in [5.41, 5.74) is 0.383. The van der Waals surface area contributed by atoms with Gasteiger partial charge >= 0.3 is 0 Å². The first-order chi connectivity index (χ1) is 8.34. The van der Waals surface area contributed by atoms with Gasteiger partial charge in [-0.25, -0.2) is 4.39 Å². The van der Waals surface area contributed by atoms with Gasteiger partial charge in [-0.15, -0.1) is 0 Å². The van der Waals surface area contributed by atoms with Crippen LogP contribution >= 0.6 is 0 Å². The SMILES string of the molecule is Fc1ccccc1-c1noc(C2CCNC2)n1. The number of hydrogen-bond donors (Lipinski definition) is 1. The second-order valence-electron chi connectivity index (χ2n) is 4.13. The Morgan fingerprint density at radius 3 is 3.00 bits per heavy atom. The molecule has 1 aliphatic heterocycles. The maximum atomic E-state index is 13.5. The smallest absolute Gasteiger partial charge is 0.231 e. The Kier molecular flexibility index (Phi) is 2.60. The first-order valence-electron chi connectivity index (χ1n) is 5.64. The molecule has 1 atom stereocenters. The topological polar surface area (TPSA) is 51.0 Å². The molecule has 2 aromatic rings. The van der Waals surface area contributed by atoms with E-state index in [1.54, 1.807) is 18.2 Å². The van der Waals surface area contributed by atoms with E-state index in [4.69, 9.17) is 4.52 Å². The summed E-state index contributed by atoms with van der Waals surface area (Å²) in [6.07, 6.45) is 0.985. The van der Waals surface area contributed by atoms with Crippen LogP contribution in [0.1, 0.15) is 18.2 Å². The normalized spacial score (nSPS) is 19.7. The molecule has 0 spiro atoms. The molecule has 2 heterocycles. The van der Waals surface area contributed by atoms with Crippen molar-refractivity contribution in [2.24, 2.45) is 0 Å². The highest BCUT2D eigenvalue weighted by molar-refractivity contribution is 5.54. The highest BCUT2D eigenvalue weighted by Crippen LogP contribution is 2.24. The van der Waals surface area contributed by atoms with Crippen molar-refractivity contribution in [3.05, 3.63) is 36.0 Å². The number of halogens is 1. The lowest BCUT2D eigenvalue weighted by molar-refractivity contribution is 0.359. The van der Waals surface area contributed by atoms with Crippen LogP contribution < -0.4 is 5.32 Å². The number of nitrogens with one attached hydrogen (secondary N) is 1. The Balaban J connectivity index is 1.92. The average molecular weight is 233 g/mol. The minimum Gasteiger partial charge on any atom is -0.339 e. The van der Waals surface area contributed by atoms with Crippen molar-refractivity contribution in [3.63, 3.8) is 0 Å². The molecule has 5 heteroatoms. The second-order valence-corrected chi connectivity index (χ2v) is 4.13. The van der Waals surface area contributed by atoms with Gasteiger partial charge in [0, 0.05) is 6.54 Å². The van der Waals surface area contributed by atoms with Crippen molar-refractivity contribution in [1.29, 1.82) is 0 Å². The molecule has 88 valence electrons. The molecular weight excluding hydrogens is 221 g/mol. The molecule has 0 aliphatic carbocycles. The first kappa shape index (κ1) is 10.4. The molecule has 1 unspecified atom stereocenters. The van der Waals surface area contributed by atoms with Crippen LogP contribution in [0.2, 0.25) is 0 Å². The molecule has 4 nitrogen and oxygen atoms in total. The molecule has 1 aliphatic rings. The maximum Gasteiger partial charge on any atom is 0.231 e. The zero-order valence-corrected chi connectivity index (χ0v) is 9.19. The average Bonchev–Trinajstić information content (AvgIpc) is 3.00. The molecule has 1 N–H and O–H groups in total. The van der Waals surface area contributed by atoms with E-state index in [2.05, 4.69) is 15.5 Å². The molecule has 1 saturated heterocycles. The van der Waals surface area contributed by atoms with Gasteiger partial charge in [-0.2, -0.15) is 4.98 Å². The predicted molar refractivity (Wildman–Crippen MR) is 59.9 cm³/mol. The third kappa shape index (κ3) is 1.93. The highest BCUT2D eigenvalue weighted by atomic mass is 19.1. The standard InChI is InChI=1S/C12H12FN3O/c13-10-4-2-1-3-9(10)11-15-12(17-16-11)8-5-6-14-7-8/h1-4,8,14H,5-7H2. The van der Waals surface area contributed by atoms with E-state index >= 15 is 0 Å². The Bertz CT molecular complexity index is 520. The van der Waals surface area contributed by atoms with Crippen LogP contribution in [-0.4, -0.2) is 23.2 Å². The molecule has 3 rings (SSSR count). The molecular formula is C12H12FN3O. The van der Waals surface area contributed by atoms with E-state index < -0.39 is 0 Å². The van der Waals surface area contributed by atoms with Crippen molar-refractivity contribution >= 4 is 0 Å². The lowest BCUT2D eigenvalue weighted by Gasteiger charge is -1.98. The molecule has 17 heavy (non-hydrogen) atoms. The second kappa shape index (κ2) is 4.25. The number of nitrogens with zero attached hydrogens (tertiary/aromatic N) is 2. The zero-order chi connectivity index (χ0) is 11.7. The van der Waals surface area contributed by atoms with Gasteiger partial charge in [-0.3, -0.25) is 0 Å². The minimum atomic E-state index is -0.329. The molecule has 0 amide bonds. The summed E-state index contributed by atoms with van der Waals surface area (Å²) in [5, 5.41) is 7.07. The van der Waals surface area contributed by atoms with Gasteiger partial charge in [0.1, 0.15) is 5.82 Å². The van der Waals surface area contributed by atoms with E-state index in [1.165, 1.54) is 6.07 Å². The molecule has 0 bridgehead atoms. The largest absolute Gasteiger partial charge is 0.339 e. The molecule has 0 radical (unpaired) electrons. The Morgan fingerprint density at radius 1 is 1.35 bits per heavy atom. The first-order valence-corrected chi connectivity index (χ1v) is 5.64. The summed E-state index contributed by atoms with van der Waals surface area (Å²) in [6, 6.07) is 6.44. The highest BCUT2D eigenvalue weighted by Gasteiger charge is 2.23. The molecule has 1 aromatic carbocycles. The van der Waals surface area contributed by atoms with Crippen LogP contribution in [0.5, 0.6) is 0 Å². The van der Waals surface area contributed by atoms with Gasteiger partial charge in [0.15, 0.2) is 0 Å². The minimum absolute atomic E-state index is 0.253. The fourth-order valence-electron chi connectivity index (χ4n) is 2.02. The van der Waals surface area contributed by atoms with Gasteiger partial charge in [0.2, 0.25) is 11.7 Å². The summed E-state index contributed by atoms with van der Waals surface area (Å²) in [7, 11) is 0. The maximum absolute atomic E-state index is 13.5. The van der Waals surface area contributed by atoms with Gasteiger partial charge in [0.05, 0.1) is 11.5 Å². The lowest BCUT2D eigenvalue weighted by atomic mass is 10.1. The summed E-state index contributed by atoms with van der Waals surface area (Å²) in [5.74, 6) is 0.839. The summed E-state index contributed by atoms with van der Waals surface area (Å²) in [4.78, 5) is 4.27. The quantitative estimate of drug-likeness (QED) is 0.861. The van der Waals surface area contributed by atoms with E-state index in [1.807, 2.05) is 0 Å². The Morgan fingerprint density at radius 2 is 2.24 bits per heavy atom.